The van der Waals surface area contributed by atoms with E-state index in [0.29, 0.717) is 0 Å². The smallest absolute Gasteiger partial charge is 0.248 e. The highest BCUT2D eigenvalue weighted by atomic mass is 32.3. The molecule has 0 aromatic rings. The normalized spacial score (nSPS) is 26.8. The van der Waals surface area contributed by atoms with Gasteiger partial charge in [0.2, 0.25) is 0 Å². The van der Waals surface area contributed by atoms with Gasteiger partial charge in [-0.1, -0.05) is 0 Å². The van der Waals surface area contributed by atoms with Crippen molar-refractivity contribution in [3.63, 3.8) is 0 Å². The highest BCUT2D eigenvalue weighted by Crippen LogP contribution is 2.06. The molecule has 1 fully saturated rings. The fourth-order valence-electron chi connectivity index (χ4n) is 0.737. The van der Waals surface area contributed by atoms with E-state index < -0.39 is 10.4 Å². The van der Waals surface area contributed by atoms with Crippen molar-refractivity contribution in [2.75, 3.05) is 13.2 Å². The lowest BCUT2D eigenvalue weighted by molar-refractivity contribution is 0.189. The minimum Gasteiger partial charge on any atom is -0.248 e. The molecule has 0 aromatic heterocycles. The third-order valence-electron chi connectivity index (χ3n) is 1.24. The first-order chi connectivity index (χ1) is 4.71. The van der Waals surface area contributed by atoms with E-state index in [1.54, 1.807) is 0 Å². The topological polar surface area (TPSA) is 52.6 Å². The number of rotatable bonds is 0. The fraction of sp³-hybridized carbons (Fsp3) is 1.00. The molecule has 0 atom stereocenters. The van der Waals surface area contributed by atoms with Gasteiger partial charge in [-0.3, -0.25) is 0 Å². The van der Waals surface area contributed by atoms with Crippen LogP contribution in [0.5, 0.6) is 0 Å². The van der Waals surface area contributed by atoms with E-state index in [1.165, 1.54) is 0 Å². The van der Waals surface area contributed by atoms with Gasteiger partial charge in [0, 0.05) is 0 Å². The Morgan fingerprint density at radius 1 is 0.900 bits per heavy atom. The quantitative estimate of drug-likeness (QED) is 0.524. The molecule has 0 bridgehead atoms. The minimum atomic E-state index is -3.64. The lowest BCUT2D eigenvalue weighted by Crippen LogP contribution is -2.14. The molecule has 10 heavy (non-hydrogen) atoms. The Morgan fingerprint density at radius 3 is 1.90 bits per heavy atom. The van der Waals surface area contributed by atoms with Crippen LogP contribution in [0, 0.1) is 0 Å². The van der Waals surface area contributed by atoms with Gasteiger partial charge < -0.3 is 0 Å². The zero-order valence-corrected chi connectivity index (χ0v) is 6.39. The molecule has 0 unspecified atom stereocenters. The minimum absolute atomic E-state index is 0.252. The maximum atomic E-state index is 10.6. The molecule has 0 amide bonds. The third kappa shape index (κ3) is 2.64. The molecule has 60 valence electrons. The Morgan fingerprint density at radius 2 is 1.40 bits per heavy atom. The van der Waals surface area contributed by atoms with Crippen molar-refractivity contribution < 1.29 is 16.8 Å². The first-order valence-corrected chi connectivity index (χ1v) is 4.58. The summed E-state index contributed by atoms with van der Waals surface area (Å²) in [5.74, 6) is 0. The molecule has 1 aliphatic rings. The largest absolute Gasteiger partial charge is 0.399 e. The molecular formula is C5H10O4S. The zero-order chi connectivity index (χ0) is 7.45. The summed E-state index contributed by atoms with van der Waals surface area (Å²) in [6, 6.07) is 0. The summed E-state index contributed by atoms with van der Waals surface area (Å²) < 4.78 is 30.0. The van der Waals surface area contributed by atoms with Crippen molar-refractivity contribution in [2.45, 2.75) is 19.3 Å². The molecule has 1 aliphatic heterocycles. The average Bonchev–Trinajstić information content (AvgIpc) is 1.81. The summed E-state index contributed by atoms with van der Waals surface area (Å²) in [5, 5.41) is 0. The Labute approximate surface area is 60.5 Å². The van der Waals surface area contributed by atoms with E-state index in [4.69, 9.17) is 0 Å². The molecule has 4 nitrogen and oxygen atoms in total. The van der Waals surface area contributed by atoms with Gasteiger partial charge in [-0.2, -0.15) is 8.42 Å². The van der Waals surface area contributed by atoms with Crippen LogP contribution < -0.4 is 0 Å². The monoisotopic (exact) mass is 166 g/mol. The molecule has 0 spiro atoms. The van der Waals surface area contributed by atoms with E-state index in [-0.39, 0.29) is 13.2 Å². The van der Waals surface area contributed by atoms with Crippen LogP contribution >= 0.6 is 0 Å². The van der Waals surface area contributed by atoms with Crippen LogP contribution in [0.15, 0.2) is 0 Å². The van der Waals surface area contributed by atoms with Crippen molar-refractivity contribution >= 4 is 10.4 Å². The van der Waals surface area contributed by atoms with Crippen molar-refractivity contribution in [1.82, 2.24) is 0 Å². The van der Waals surface area contributed by atoms with Crippen LogP contribution in [0.2, 0.25) is 0 Å². The van der Waals surface area contributed by atoms with Crippen LogP contribution in [-0.4, -0.2) is 21.6 Å². The molecule has 1 rings (SSSR count). The van der Waals surface area contributed by atoms with Crippen molar-refractivity contribution in [2.24, 2.45) is 0 Å². The highest BCUT2D eigenvalue weighted by molar-refractivity contribution is 7.81. The van der Waals surface area contributed by atoms with Crippen LogP contribution in [0.25, 0.3) is 0 Å². The number of hydrogen-bond acceptors (Lipinski definition) is 4. The van der Waals surface area contributed by atoms with Crippen LogP contribution in [0.3, 0.4) is 0 Å². The molecular weight excluding hydrogens is 156 g/mol. The second-order valence-corrected chi connectivity index (χ2v) is 3.40. The van der Waals surface area contributed by atoms with Crippen molar-refractivity contribution in [3.8, 4) is 0 Å². The highest BCUT2D eigenvalue weighted by Gasteiger charge is 2.13. The Balaban J connectivity index is 2.46. The van der Waals surface area contributed by atoms with Crippen LogP contribution in [0.1, 0.15) is 19.3 Å². The molecule has 0 radical (unpaired) electrons. The predicted octanol–water partition coefficient (Wildman–Crippen LogP) is 0.448. The molecule has 0 N–H and O–H groups in total. The maximum Gasteiger partial charge on any atom is 0.399 e. The molecule has 0 saturated carbocycles. The summed E-state index contributed by atoms with van der Waals surface area (Å²) in [6.07, 6.45) is 2.56. The summed E-state index contributed by atoms with van der Waals surface area (Å²) in [6.45, 7) is 0.505. The van der Waals surface area contributed by atoms with E-state index in [9.17, 15) is 8.42 Å². The van der Waals surface area contributed by atoms with E-state index in [2.05, 4.69) is 8.37 Å². The summed E-state index contributed by atoms with van der Waals surface area (Å²) >= 11 is 0. The Kier molecular flexibility index (Phi) is 2.64. The Hall–Kier alpha value is -0.130. The molecule has 0 aliphatic carbocycles. The standard InChI is InChI=1S/C5H10O4S/c6-10(7)8-4-2-1-3-5-9-10/h1-5H2. The van der Waals surface area contributed by atoms with Crippen molar-refractivity contribution in [1.29, 1.82) is 0 Å². The maximum absolute atomic E-state index is 10.6. The molecule has 0 aromatic carbocycles. The molecule has 1 saturated heterocycles. The summed E-state index contributed by atoms with van der Waals surface area (Å²) in [5.41, 5.74) is 0. The van der Waals surface area contributed by atoms with Gasteiger partial charge in [0.25, 0.3) is 0 Å². The predicted molar refractivity (Wildman–Crippen MR) is 34.7 cm³/mol. The first kappa shape index (κ1) is 7.97. The second-order valence-electron chi connectivity index (χ2n) is 2.11. The van der Waals surface area contributed by atoms with E-state index >= 15 is 0 Å². The van der Waals surface area contributed by atoms with Crippen LogP contribution in [0.4, 0.5) is 0 Å². The lowest BCUT2D eigenvalue weighted by atomic mass is 10.2. The SMILES string of the molecule is O=S1(=O)OCCCCCO1. The second kappa shape index (κ2) is 3.32. The number of hydrogen-bond donors (Lipinski definition) is 0. The van der Waals surface area contributed by atoms with Crippen molar-refractivity contribution in [3.05, 3.63) is 0 Å². The van der Waals surface area contributed by atoms with Crippen LogP contribution in [-0.2, 0) is 18.8 Å². The lowest BCUT2D eigenvalue weighted by Gasteiger charge is -2.08. The van der Waals surface area contributed by atoms with Gasteiger partial charge in [0.15, 0.2) is 0 Å². The van der Waals surface area contributed by atoms with Gasteiger partial charge in [0.1, 0.15) is 0 Å². The van der Waals surface area contributed by atoms with Gasteiger partial charge in [-0.15, -0.1) is 0 Å². The molecule has 1 heterocycles. The third-order valence-corrected chi connectivity index (χ3v) is 2.15. The van der Waals surface area contributed by atoms with Gasteiger partial charge in [0.05, 0.1) is 13.2 Å². The fourth-order valence-corrected chi connectivity index (χ4v) is 1.45. The average molecular weight is 166 g/mol. The van der Waals surface area contributed by atoms with Gasteiger partial charge >= 0.3 is 10.4 Å². The Bertz CT molecular complexity index is 170. The van der Waals surface area contributed by atoms with Gasteiger partial charge in [-0.05, 0) is 19.3 Å². The summed E-state index contributed by atoms with van der Waals surface area (Å²) in [7, 11) is -3.64. The molecule has 5 heteroatoms. The van der Waals surface area contributed by atoms with E-state index in [1.807, 2.05) is 0 Å². The van der Waals surface area contributed by atoms with Gasteiger partial charge in [-0.25, -0.2) is 8.37 Å². The summed E-state index contributed by atoms with van der Waals surface area (Å²) in [4.78, 5) is 0. The zero-order valence-electron chi connectivity index (χ0n) is 5.58. The van der Waals surface area contributed by atoms with E-state index in [0.717, 1.165) is 19.3 Å². The first-order valence-electron chi connectivity index (χ1n) is 3.24.